The summed E-state index contributed by atoms with van der Waals surface area (Å²) in [6.07, 6.45) is 2.72. The molecule has 2 aromatic carbocycles. The van der Waals surface area contributed by atoms with E-state index in [9.17, 15) is 9.59 Å². The minimum atomic E-state index is -0.725. The van der Waals surface area contributed by atoms with Gasteiger partial charge in [0, 0.05) is 32.1 Å². The number of aryl methyl sites for hydroxylation is 2. The Kier molecular flexibility index (Phi) is 9.10. The van der Waals surface area contributed by atoms with Crippen molar-refractivity contribution >= 4 is 28.9 Å². The maximum Gasteiger partial charge on any atom is 0.413 e. The van der Waals surface area contributed by atoms with Crippen LogP contribution in [-0.4, -0.2) is 56.2 Å². The predicted octanol–water partition coefficient (Wildman–Crippen LogP) is 6.30. The molecule has 0 atom stereocenters. The van der Waals surface area contributed by atoms with Crippen molar-refractivity contribution in [2.24, 2.45) is 7.05 Å². The fourth-order valence-electron chi connectivity index (χ4n) is 5.23. The summed E-state index contributed by atoms with van der Waals surface area (Å²) in [5.74, 6) is 0.672. The van der Waals surface area contributed by atoms with E-state index in [0.29, 0.717) is 40.5 Å². The molecule has 5 aromatic rings. The Morgan fingerprint density at radius 3 is 2.37 bits per heavy atom. The van der Waals surface area contributed by atoms with Crippen molar-refractivity contribution in [3.63, 3.8) is 0 Å². The van der Waals surface area contributed by atoms with Crippen molar-refractivity contribution in [2.75, 3.05) is 19.5 Å². The van der Waals surface area contributed by atoms with Gasteiger partial charge >= 0.3 is 12.1 Å². The smallest absolute Gasteiger partial charge is 0.413 e. The molecule has 12 nitrogen and oxygen atoms in total. The van der Waals surface area contributed by atoms with E-state index in [4.69, 9.17) is 28.9 Å². The number of esters is 1. The number of carbonyl (C=O) groups is 2. The first-order valence-corrected chi connectivity index (χ1v) is 14.7. The molecule has 0 bridgehead atoms. The molecule has 0 saturated carbocycles. The molecule has 0 aliphatic rings. The highest BCUT2D eigenvalue weighted by molar-refractivity contribution is 6.10. The van der Waals surface area contributed by atoms with Crippen LogP contribution in [0.25, 0.3) is 28.0 Å². The van der Waals surface area contributed by atoms with E-state index >= 15 is 0 Å². The molecule has 0 saturated heterocycles. The van der Waals surface area contributed by atoms with E-state index in [-0.39, 0.29) is 18.0 Å². The zero-order valence-corrected chi connectivity index (χ0v) is 27.3. The van der Waals surface area contributed by atoms with Crippen LogP contribution < -0.4 is 10.1 Å². The van der Waals surface area contributed by atoms with Crippen LogP contribution in [0.4, 0.5) is 10.6 Å². The average Bonchev–Trinajstić information content (AvgIpc) is 3.55. The predicted molar refractivity (Wildman–Crippen MR) is 173 cm³/mol. The van der Waals surface area contributed by atoms with Crippen LogP contribution in [-0.2, 0) is 34.5 Å². The van der Waals surface area contributed by atoms with Gasteiger partial charge in [-0.1, -0.05) is 36.4 Å². The van der Waals surface area contributed by atoms with Gasteiger partial charge in [0.2, 0.25) is 0 Å². The van der Waals surface area contributed by atoms with Gasteiger partial charge in [0.25, 0.3) is 0 Å². The SMILES string of the molecule is COCc1nc(-c2cn(C)nc2NC(=O)OC(C)(C)C)c2c(C(=O)OC)cn(-c3c(C)ccc(OCc4ccccc4)c3C)c2n1. The molecular weight excluding hydrogens is 588 g/mol. The number of aromatic nitrogens is 5. The third-order valence-electron chi connectivity index (χ3n) is 7.14. The lowest BCUT2D eigenvalue weighted by atomic mass is 10.1. The Balaban J connectivity index is 1.72. The first-order valence-electron chi connectivity index (χ1n) is 14.7. The normalized spacial score (nSPS) is 11.5. The number of fused-ring (bicyclic) bond motifs is 1. The van der Waals surface area contributed by atoms with Crippen LogP contribution in [0, 0.1) is 13.8 Å². The molecular formula is C34H38N6O6. The van der Waals surface area contributed by atoms with Gasteiger partial charge in [-0.2, -0.15) is 5.10 Å². The molecule has 0 radical (unpaired) electrons. The minimum absolute atomic E-state index is 0.0922. The zero-order chi connectivity index (χ0) is 33.2. The molecule has 12 heteroatoms. The second-order valence-corrected chi connectivity index (χ2v) is 11.8. The van der Waals surface area contributed by atoms with Crippen LogP contribution in [0.2, 0.25) is 0 Å². The third-order valence-corrected chi connectivity index (χ3v) is 7.14. The summed E-state index contributed by atoms with van der Waals surface area (Å²) in [5, 5.41) is 7.61. The summed E-state index contributed by atoms with van der Waals surface area (Å²) in [7, 11) is 4.59. The lowest BCUT2D eigenvalue weighted by Gasteiger charge is -2.19. The Morgan fingerprint density at radius 2 is 1.70 bits per heavy atom. The van der Waals surface area contributed by atoms with E-state index < -0.39 is 17.7 Å². The number of amides is 1. The Morgan fingerprint density at radius 1 is 0.957 bits per heavy atom. The molecule has 3 aromatic heterocycles. The molecule has 3 heterocycles. The molecule has 0 fully saturated rings. The second-order valence-electron chi connectivity index (χ2n) is 11.8. The van der Waals surface area contributed by atoms with Gasteiger partial charge in [-0.3, -0.25) is 14.6 Å². The highest BCUT2D eigenvalue weighted by atomic mass is 16.6. The summed E-state index contributed by atoms with van der Waals surface area (Å²) in [5.41, 5.74) is 4.38. The summed E-state index contributed by atoms with van der Waals surface area (Å²) in [6.45, 7) is 9.75. The monoisotopic (exact) mass is 626 g/mol. The highest BCUT2D eigenvalue weighted by Gasteiger charge is 2.28. The van der Waals surface area contributed by atoms with Crippen molar-refractivity contribution in [3.8, 4) is 22.7 Å². The minimum Gasteiger partial charge on any atom is -0.489 e. The number of nitrogens with one attached hydrogen (secondary N) is 1. The first kappa shape index (κ1) is 32.2. The summed E-state index contributed by atoms with van der Waals surface area (Å²) >= 11 is 0. The third kappa shape index (κ3) is 6.71. The van der Waals surface area contributed by atoms with E-state index in [1.807, 2.05) is 60.9 Å². The van der Waals surface area contributed by atoms with Crippen LogP contribution >= 0.6 is 0 Å². The standard InChI is InChI=1S/C34H38N6O6/c1-20-14-15-25(45-18-22-12-10-9-11-13-22)21(2)29(20)40-17-23(32(41)44-8)27-28(35-26(19-43-7)36-31(27)40)24-16-39(6)38-30(24)37-33(42)46-34(3,4)5/h9-17H,18-19H2,1-8H3,(H,37,38,42). The quantitative estimate of drug-likeness (QED) is 0.187. The number of carbonyl (C=O) groups excluding carboxylic acids is 2. The number of benzene rings is 2. The van der Waals surface area contributed by atoms with E-state index in [2.05, 4.69) is 10.4 Å². The van der Waals surface area contributed by atoms with E-state index in [1.165, 1.54) is 7.11 Å². The largest absolute Gasteiger partial charge is 0.489 e. The Bertz CT molecular complexity index is 1910. The molecule has 0 spiro atoms. The lowest BCUT2D eigenvalue weighted by molar-refractivity contribution is 0.0600. The first-order chi connectivity index (χ1) is 21.9. The highest BCUT2D eigenvalue weighted by Crippen LogP contribution is 2.38. The van der Waals surface area contributed by atoms with Gasteiger partial charge in [0.1, 0.15) is 30.2 Å². The number of rotatable bonds is 9. The van der Waals surface area contributed by atoms with Gasteiger partial charge in [0.15, 0.2) is 11.6 Å². The van der Waals surface area contributed by atoms with Crippen molar-refractivity contribution < 1.29 is 28.5 Å². The van der Waals surface area contributed by atoms with E-state index in [0.717, 1.165) is 22.4 Å². The zero-order valence-electron chi connectivity index (χ0n) is 27.3. The molecule has 240 valence electrons. The van der Waals surface area contributed by atoms with Crippen molar-refractivity contribution in [3.05, 3.63) is 82.9 Å². The van der Waals surface area contributed by atoms with Crippen LogP contribution in [0.3, 0.4) is 0 Å². The van der Waals surface area contributed by atoms with Gasteiger partial charge in [-0.15, -0.1) is 0 Å². The second kappa shape index (κ2) is 13.0. The number of methoxy groups -OCH3 is 2. The van der Waals surface area contributed by atoms with Gasteiger partial charge < -0.3 is 18.9 Å². The molecule has 0 aliphatic heterocycles. The number of anilines is 1. The molecule has 1 N–H and O–H groups in total. The number of hydrogen-bond donors (Lipinski definition) is 1. The summed E-state index contributed by atoms with van der Waals surface area (Å²) in [6, 6.07) is 13.8. The Labute approximate surface area is 267 Å². The molecule has 0 aliphatic carbocycles. The maximum absolute atomic E-state index is 13.3. The number of hydrogen-bond acceptors (Lipinski definition) is 9. The van der Waals surface area contributed by atoms with Crippen molar-refractivity contribution in [2.45, 2.75) is 53.4 Å². The van der Waals surface area contributed by atoms with Crippen molar-refractivity contribution in [1.82, 2.24) is 24.3 Å². The van der Waals surface area contributed by atoms with Crippen molar-refractivity contribution in [1.29, 1.82) is 0 Å². The number of nitrogens with zero attached hydrogens (tertiary/aromatic N) is 5. The van der Waals surface area contributed by atoms with Gasteiger partial charge in [-0.25, -0.2) is 19.6 Å². The Hall–Kier alpha value is -5.23. The van der Waals surface area contributed by atoms with E-state index in [1.54, 1.807) is 52.0 Å². The molecule has 1 amide bonds. The summed E-state index contributed by atoms with van der Waals surface area (Å²) < 4.78 is 25.8. The maximum atomic E-state index is 13.3. The van der Waals surface area contributed by atoms with Crippen LogP contribution in [0.1, 0.15) is 53.6 Å². The average molecular weight is 627 g/mol. The van der Waals surface area contributed by atoms with Crippen LogP contribution in [0.5, 0.6) is 5.75 Å². The fourth-order valence-corrected chi connectivity index (χ4v) is 5.23. The lowest BCUT2D eigenvalue weighted by Crippen LogP contribution is -2.27. The van der Waals surface area contributed by atoms with Gasteiger partial charge in [0.05, 0.1) is 35.0 Å². The van der Waals surface area contributed by atoms with Crippen LogP contribution in [0.15, 0.2) is 54.9 Å². The molecule has 0 unspecified atom stereocenters. The van der Waals surface area contributed by atoms with Gasteiger partial charge in [-0.05, 0) is 51.8 Å². The summed E-state index contributed by atoms with van der Waals surface area (Å²) in [4.78, 5) is 35.8. The molecule has 46 heavy (non-hydrogen) atoms. The fraction of sp³-hybridized carbons (Fsp3) is 0.324. The topological polar surface area (TPSA) is 132 Å². The molecule has 5 rings (SSSR count). The number of ether oxygens (including phenoxy) is 4.